The predicted molar refractivity (Wildman–Crippen MR) is 118 cm³/mol. The number of aromatic amines is 1. The lowest BCUT2D eigenvalue weighted by atomic mass is 9.74. The molecule has 2 aliphatic rings. The van der Waals surface area contributed by atoms with Crippen molar-refractivity contribution in [2.24, 2.45) is 0 Å². The molecule has 0 atom stereocenters. The molecule has 2 fully saturated rings. The number of carbonyl (C=O) groups excluding carboxylic acids is 1. The van der Waals surface area contributed by atoms with Crippen LogP contribution in [0.3, 0.4) is 0 Å². The van der Waals surface area contributed by atoms with Crippen LogP contribution in [0.15, 0.2) is 36.4 Å². The summed E-state index contributed by atoms with van der Waals surface area (Å²) in [4.78, 5) is 17.7. The van der Waals surface area contributed by atoms with Crippen molar-refractivity contribution < 1.29 is 18.0 Å². The molecule has 2 aromatic carbocycles. The van der Waals surface area contributed by atoms with Gasteiger partial charge >= 0.3 is 0 Å². The zero-order valence-electron chi connectivity index (χ0n) is 17.8. The first-order valence-electron chi connectivity index (χ1n) is 11.3. The highest BCUT2D eigenvalue weighted by Crippen LogP contribution is 2.45. The molecule has 0 unspecified atom stereocenters. The summed E-state index contributed by atoms with van der Waals surface area (Å²) in [6, 6.07) is 8.23. The third-order valence-corrected chi connectivity index (χ3v) is 6.76. The molecule has 0 spiro atoms. The number of nitrogens with zero attached hydrogens (tertiary/aromatic N) is 1. The number of carbonyl (C=O) groups is 1. The Bertz CT molecular complexity index is 1130. The molecule has 1 saturated carbocycles. The number of amides is 1. The molecule has 1 aliphatic carbocycles. The van der Waals surface area contributed by atoms with Crippen molar-refractivity contribution in [2.45, 2.75) is 44.1 Å². The molecular weight excluding hydrogens is 415 g/mol. The zero-order chi connectivity index (χ0) is 22.2. The number of fused-ring (bicyclic) bond motifs is 1. The Hall–Kier alpha value is -2.80. The minimum Gasteiger partial charge on any atom is -0.353 e. The van der Waals surface area contributed by atoms with Crippen molar-refractivity contribution >= 4 is 16.8 Å². The molecular formula is C25H26F3N3O. The first kappa shape index (κ1) is 21.1. The van der Waals surface area contributed by atoms with E-state index in [1.165, 1.54) is 31.0 Å². The molecule has 4 nitrogen and oxygen atoms in total. The lowest BCUT2D eigenvalue weighted by Gasteiger charge is -2.36. The van der Waals surface area contributed by atoms with Gasteiger partial charge in [-0.05, 0) is 86.1 Å². The summed E-state index contributed by atoms with van der Waals surface area (Å²) in [7, 11) is 0. The molecule has 1 aromatic heterocycles. The third-order valence-electron chi connectivity index (χ3n) is 6.76. The van der Waals surface area contributed by atoms with Crippen molar-refractivity contribution in [2.75, 3.05) is 19.6 Å². The maximum absolute atomic E-state index is 14.5. The normalized spacial score (nSPS) is 21.1. The maximum Gasteiger partial charge on any atom is 0.221 e. The van der Waals surface area contributed by atoms with E-state index in [9.17, 15) is 18.0 Å². The summed E-state index contributed by atoms with van der Waals surface area (Å²) in [5.41, 5.74) is 2.47. The monoisotopic (exact) mass is 441 g/mol. The summed E-state index contributed by atoms with van der Waals surface area (Å²) in [5.74, 6) is -1.54. The van der Waals surface area contributed by atoms with Gasteiger partial charge < -0.3 is 15.2 Å². The maximum atomic E-state index is 14.5. The number of rotatable bonds is 6. The van der Waals surface area contributed by atoms with E-state index in [1.807, 2.05) is 0 Å². The van der Waals surface area contributed by atoms with Gasteiger partial charge in [-0.2, -0.15) is 0 Å². The van der Waals surface area contributed by atoms with E-state index in [0.717, 1.165) is 36.8 Å². The average molecular weight is 441 g/mol. The predicted octanol–water partition coefficient (Wildman–Crippen LogP) is 5.10. The van der Waals surface area contributed by atoms with E-state index in [4.69, 9.17) is 0 Å². The number of nitrogens with one attached hydrogen (secondary N) is 2. The molecule has 3 aromatic rings. The second-order valence-corrected chi connectivity index (χ2v) is 8.96. The van der Waals surface area contributed by atoms with Gasteiger partial charge in [0.05, 0.1) is 11.2 Å². The van der Waals surface area contributed by atoms with Crippen LogP contribution in [0.25, 0.3) is 22.2 Å². The highest BCUT2D eigenvalue weighted by molar-refractivity contribution is 5.92. The minimum atomic E-state index is -0.652. The Morgan fingerprint density at radius 2 is 1.75 bits per heavy atom. The quantitative estimate of drug-likeness (QED) is 0.559. The lowest BCUT2D eigenvalue weighted by molar-refractivity contribution is -0.122. The third kappa shape index (κ3) is 4.13. The van der Waals surface area contributed by atoms with Crippen LogP contribution in [0.5, 0.6) is 0 Å². The van der Waals surface area contributed by atoms with E-state index in [2.05, 4.69) is 15.2 Å². The molecule has 1 aliphatic heterocycles. The van der Waals surface area contributed by atoms with Crippen molar-refractivity contribution in [3.05, 3.63) is 59.4 Å². The van der Waals surface area contributed by atoms with Gasteiger partial charge in [-0.3, -0.25) is 4.79 Å². The Morgan fingerprint density at radius 3 is 2.47 bits per heavy atom. The van der Waals surface area contributed by atoms with E-state index in [0.29, 0.717) is 30.3 Å². The first-order valence-corrected chi connectivity index (χ1v) is 11.3. The van der Waals surface area contributed by atoms with Crippen molar-refractivity contribution in [3.8, 4) is 11.3 Å². The van der Waals surface area contributed by atoms with Gasteiger partial charge in [-0.1, -0.05) is 0 Å². The van der Waals surface area contributed by atoms with Crippen LogP contribution in [0.2, 0.25) is 0 Å². The summed E-state index contributed by atoms with van der Waals surface area (Å²) < 4.78 is 41.9. The van der Waals surface area contributed by atoms with Gasteiger partial charge in [-0.15, -0.1) is 0 Å². The number of halogens is 3. The molecule has 7 heteroatoms. The van der Waals surface area contributed by atoms with E-state index < -0.39 is 11.6 Å². The van der Waals surface area contributed by atoms with Crippen LogP contribution in [-0.2, 0) is 4.79 Å². The summed E-state index contributed by atoms with van der Waals surface area (Å²) in [6.07, 6.45) is 4.30. The Balaban J connectivity index is 1.34. The fourth-order valence-corrected chi connectivity index (χ4v) is 5.05. The van der Waals surface area contributed by atoms with Crippen LogP contribution < -0.4 is 5.32 Å². The molecule has 1 saturated heterocycles. The fourth-order valence-electron chi connectivity index (χ4n) is 5.05. The Morgan fingerprint density at radius 1 is 1.03 bits per heavy atom. The lowest BCUT2D eigenvalue weighted by Crippen LogP contribution is -2.44. The second kappa shape index (κ2) is 8.62. The average Bonchev–Trinajstić information content (AvgIpc) is 3.38. The molecule has 2 heterocycles. The van der Waals surface area contributed by atoms with Crippen molar-refractivity contribution in [3.63, 3.8) is 0 Å². The van der Waals surface area contributed by atoms with Gasteiger partial charge in [0.15, 0.2) is 0 Å². The topological polar surface area (TPSA) is 48.1 Å². The van der Waals surface area contributed by atoms with E-state index >= 15 is 0 Å². The van der Waals surface area contributed by atoms with Crippen LogP contribution in [0.4, 0.5) is 13.2 Å². The number of hydrogen-bond acceptors (Lipinski definition) is 2. The van der Waals surface area contributed by atoms with Crippen molar-refractivity contribution in [1.82, 2.24) is 15.2 Å². The van der Waals surface area contributed by atoms with Gasteiger partial charge in [0.2, 0.25) is 5.91 Å². The summed E-state index contributed by atoms with van der Waals surface area (Å²) in [6.45, 7) is 2.93. The molecule has 168 valence electrons. The molecule has 0 radical (unpaired) electrons. The molecule has 2 N–H and O–H groups in total. The standard InChI is InChI=1S/C25H26F3N3O/c26-17-5-3-15(4-6-17)24-23(20-13-18(27)14-21(28)25(20)30-24)16-11-19(12-16)29-22(32)7-10-31-8-1-2-9-31/h3-6,13-14,16,19,30H,1-2,7-12H2,(H,29,32)/t16-,19-. The highest BCUT2D eigenvalue weighted by atomic mass is 19.1. The van der Waals surface area contributed by atoms with Gasteiger partial charge in [0, 0.05) is 30.5 Å². The number of hydrogen-bond donors (Lipinski definition) is 2. The van der Waals surface area contributed by atoms with E-state index in [-0.39, 0.29) is 29.2 Å². The number of benzene rings is 2. The molecule has 32 heavy (non-hydrogen) atoms. The zero-order valence-corrected chi connectivity index (χ0v) is 17.8. The SMILES string of the molecule is O=C(CCN1CCCC1)N[C@H]1C[C@H](c2c(-c3ccc(F)cc3)[nH]c3c(F)cc(F)cc32)C1. The van der Waals surface area contributed by atoms with Crippen LogP contribution in [-0.4, -0.2) is 41.5 Å². The Labute approximate surface area is 184 Å². The van der Waals surface area contributed by atoms with Crippen molar-refractivity contribution in [1.29, 1.82) is 0 Å². The second-order valence-electron chi connectivity index (χ2n) is 8.96. The van der Waals surface area contributed by atoms with Gasteiger partial charge in [0.25, 0.3) is 0 Å². The number of aromatic nitrogens is 1. The van der Waals surface area contributed by atoms with Gasteiger partial charge in [0.1, 0.15) is 17.5 Å². The highest BCUT2D eigenvalue weighted by Gasteiger charge is 2.35. The van der Waals surface area contributed by atoms with E-state index in [1.54, 1.807) is 12.1 Å². The fraction of sp³-hybridized carbons (Fsp3) is 0.400. The van der Waals surface area contributed by atoms with Gasteiger partial charge in [-0.25, -0.2) is 13.2 Å². The summed E-state index contributed by atoms with van der Waals surface area (Å²) in [5, 5.41) is 3.60. The molecule has 1 amide bonds. The first-order chi connectivity index (χ1) is 15.5. The van der Waals surface area contributed by atoms with Crippen LogP contribution in [0, 0.1) is 17.5 Å². The Kier molecular flexibility index (Phi) is 5.67. The summed E-state index contributed by atoms with van der Waals surface area (Å²) >= 11 is 0. The number of likely N-dealkylation sites (tertiary alicyclic amines) is 1. The minimum absolute atomic E-state index is 0.0499. The van der Waals surface area contributed by atoms with Crippen LogP contribution in [0.1, 0.15) is 43.6 Å². The molecule has 5 rings (SSSR count). The smallest absolute Gasteiger partial charge is 0.221 e. The largest absolute Gasteiger partial charge is 0.353 e. The van der Waals surface area contributed by atoms with Crippen LogP contribution >= 0.6 is 0 Å². The molecule has 0 bridgehead atoms. The number of H-pyrrole nitrogens is 1.